The Hall–Kier alpha value is -1.19. The fraction of sp³-hybridized carbons (Fsp3) is 0.273. The van der Waals surface area contributed by atoms with E-state index in [9.17, 15) is 0 Å². The molecule has 1 fully saturated rings. The minimum absolute atomic E-state index is 0.270. The molecule has 1 aliphatic rings. The number of nitrogens with zero attached hydrogens (tertiary/aromatic N) is 2. The van der Waals surface area contributed by atoms with E-state index in [0.29, 0.717) is 5.02 Å². The number of fused-ring (bicyclic) bond motifs is 1. The maximum atomic E-state index is 6.04. The van der Waals surface area contributed by atoms with Crippen molar-refractivity contribution in [3.63, 3.8) is 0 Å². The van der Waals surface area contributed by atoms with Crippen molar-refractivity contribution in [3.8, 4) is 0 Å². The van der Waals surface area contributed by atoms with Crippen LogP contribution < -0.4 is 5.73 Å². The molecule has 4 heteroatoms. The molecule has 2 N–H and O–H groups in total. The van der Waals surface area contributed by atoms with Crippen LogP contribution in [-0.2, 0) is 5.54 Å². The normalized spacial score (nSPS) is 18.0. The van der Waals surface area contributed by atoms with Crippen LogP contribution in [0, 0.1) is 0 Å². The van der Waals surface area contributed by atoms with E-state index in [1.165, 1.54) is 0 Å². The molecule has 0 radical (unpaired) electrons. The third-order valence-electron chi connectivity index (χ3n) is 2.78. The zero-order valence-corrected chi connectivity index (χ0v) is 8.83. The van der Waals surface area contributed by atoms with Crippen molar-refractivity contribution in [1.82, 2.24) is 9.97 Å². The first kappa shape index (κ1) is 9.07. The number of aromatic nitrogens is 2. The van der Waals surface area contributed by atoms with Crippen molar-refractivity contribution < 1.29 is 0 Å². The number of rotatable bonds is 1. The highest BCUT2D eigenvalue weighted by Crippen LogP contribution is 2.40. The van der Waals surface area contributed by atoms with Crippen LogP contribution in [0.5, 0.6) is 0 Å². The molecule has 1 heterocycles. The third-order valence-corrected chi connectivity index (χ3v) is 3.01. The summed E-state index contributed by atoms with van der Waals surface area (Å²) in [6.45, 7) is 0. The van der Waals surface area contributed by atoms with E-state index in [0.717, 1.165) is 29.6 Å². The van der Waals surface area contributed by atoms with Gasteiger partial charge in [-0.1, -0.05) is 11.6 Å². The molecule has 0 saturated heterocycles. The van der Waals surface area contributed by atoms with Gasteiger partial charge in [0.1, 0.15) is 5.82 Å². The average Bonchev–Trinajstić information content (AvgIpc) is 2.97. The van der Waals surface area contributed by atoms with Gasteiger partial charge in [-0.25, -0.2) is 9.97 Å². The van der Waals surface area contributed by atoms with Gasteiger partial charge in [0.05, 0.1) is 11.1 Å². The Balaban J connectivity index is 2.18. The van der Waals surface area contributed by atoms with Crippen LogP contribution in [0.25, 0.3) is 10.9 Å². The molecule has 0 aliphatic heterocycles. The van der Waals surface area contributed by atoms with Gasteiger partial charge in [0.2, 0.25) is 0 Å². The first-order chi connectivity index (χ1) is 7.17. The maximum absolute atomic E-state index is 6.04. The summed E-state index contributed by atoms with van der Waals surface area (Å²) >= 11 is 5.88. The topological polar surface area (TPSA) is 51.8 Å². The summed E-state index contributed by atoms with van der Waals surface area (Å²) in [5, 5.41) is 1.66. The number of nitrogens with two attached hydrogens (primary N) is 1. The molecule has 15 heavy (non-hydrogen) atoms. The smallest absolute Gasteiger partial charge is 0.148 e. The van der Waals surface area contributed by atoms with Crippen molar-refractivity contribution >= 4 is 22.5 Å². The molecule has 1 saturated carbocycles. The van der Waals surface area contributed by atoms with Crippen molar-refractivity contribution in [1.29, 1.82) is 0 Å². The van der Waals surface area contributed by atoms with Crippen LogP contribution in [0.4, 0.5) is 0 Å². The van der Waals surface area contributed by atoms with Crippen molar-refractivity contribution in [3.05, 3.63) is 35.2 Å². The third kappa shape index (κ3) is 1.48. The largest absolute Gasteiger partial charge is 0.319 e. The van der Waals surface area contributed by atoms with Gasteiger partial charge in [-0.15, -0.1) is 0 Å². The minimum atomic E-state index is -0.270. The summed E-state index contributed by atoms with van der Waals surface area (Å²) in [6, 6.07) is 5.59. The van der Waals surface area contributed by atoms with Gasteiger partial charge in [0.25, 0.3) is 0 Å². The Morgan fingerprint density at radius 3 is 2.87 bits per heavy atom. The summed E-state index contributed by atoms with van der Waals surface area (Å²) in [4.78, 5) is 8.74. The fourth-order valence-electron chi connectivity index (χ4n) is 1.60. The molecule has 1 aromatic heterocycles. The second-order valence-electron chi connectivity index (χ2n) is 4.05. The predicted octanol–water partition coefficient (Wildman–Crippen LogP) is 2.23. The summed E-state index contributed by atoms with van der Waals surface area (Å²) in [5.41, 5.74) is 6.67. The minimum Gasteiger partial charge on any atom is -0.319 e. The van der Waals surface area contributed by atoms with Crippen LogP contribution in [0.15, 0.2) is 24.4 Å². The van der Waals surface area contributed by atoms with E-state index in [-0.39, 0.29) is 5.54 Å². The number of hydrogen-bond donors (Lipinski definition) is 1. The van der Waals surface area contributed by atoms with Gasteiger partial charge in [-0.3, -0.25) is 0 Å². The van der Waals surface area contributed by atoms with E-state index < -0.39 is 0 Å². The first-order valence-corrected chi connectivity index (χ1v) is 5.27. The molecular formula is C11H10ClN3. The Morgan fingerprint density at radius 2 is 2.13 bits per heavy atom. The lowest BCUT2D eigenvalue weighted by atomic mass is 10.2. The maximum Gasteiger partial charge on any atom is 0.148 e. The molecule has 0 spiro atoms. The molecule has 0 amide bonds. The number of hydrogen-bond acceptors (Lipinski definition) is 3. The Bertz CT molecular complexity index is 534. The highest BCUT2D eigenvalue weighted by Gasteiger charge is 2.43. The number of benzene rings is 1. The zero-order chi connectivity index (χ0) is 10.5. The molecule has 3 nitrogen and oxygen atoms in total. The van der Waals surface area contributed by atoms with Gasteiger partial charge < -0.3 is 5.73 Å². The molecule has 0 unspecified atom stereocenters. The highest BCUT2D eigenvalue weighted by atomic mass is 35.5. The number of halogens is 1. The summed E-state index contributed by atoms with van der Waals surface area (Å²) in [7, 11) is 0. The SMILES string of the molecule is NC1(c2ncc3cc(Cl)ccc3n2)CC1. The molecule has 1 aliphatic carbocycles. The second kappa shape index (κ2) is 2.90. The van der Waals surface area contributed by atoms with Gasteiger partial charge in [0.15, 0.2) is 0 Å². The quantitative estimate of drug-likeness (QED) is 0.800. The van der Waals surface area contributed by atoms with Crippen molar-refractivity contribution in [2.75, 3.05) is 0 Å². The highest BCUT2D eigenvalue weighted by molar-refractivity contribution is 6.31. The van der Waals surface area contributed by atoms with E-state index in [4.69, 9.17) is 17.3 Å². The lowest BCUT2D eigenvalue weighted by Gasteiger charge is -2.07. The first-order valence-electron chi connectivity index (χ1n) is 4.89. The van der Waals surface area contributed by atoms with Gasteiger partial charge in [-0.2, -0.15) is 0 Å². The molecule has 2 aromatic rings. The van der Waals surface area contributed by atoms with Crippen molar-refractivity contribution in [2.24, 2.45) is 5.73 Å². The van der Waals surface area contributed by atoms with Gasteiger partial charge in [-0.05, 0) is 31.0 Å². The molecule has 0 bridgehead atoms. The molecule has 1 aromatic carbocycles. The van der Waals surface area contributed by atoms with Gasteiger partial charge in [0, 0.05) is 16.6 Å². The zero-order valence-electron chi connectivity index (χ0n) is 8.07. The Morgan fingerprint density at radius 1 is 1.33 bits per heavy atom. The van der Waals surface area contributed by atoms with Gasteiger partial charge >= 0.3 is 0 Å². The lowest BCUT2D eigenvalue weighted by molar-refractivity contribution is 0.677. The molecule has 0 atom stereocenters. The van der Waals surface area contributed by atoms with Crippen LogP contribution in [0.2, 0.25) is 5.02 Å². The summed E-state index contributed by atoms with van der Waals surface area (Å²) in [5.74, 6) is 0.748. The average molecular weight is 220 g/mol. The Labute approximate surface area is 92.3 Å². The monoisotopic (exact) mass is 219 g/mol. The van der Waals surface area contributed by atoms with E-state index in [1.807, 2.05) is 18.2 Å². The van der Waals surface area contributed by atoms with Crippen molar-refractivity contribution in [2.45, 2.75) is 18.4 Å². The summed E-state index contributed by atoms with van der Waals surface area (Å²) < 4.78 is 0. The summed E-state index contributed by atoms with van der Waals surface area (Å²) in [6.07, 6.45) is 3.74. The van der Waals surface area contributed by atoms with E-state index >= 15 is 0 Å². The fourth-order valence-corrected chi connectivity index (χ4v) is 1.78. The molecule has 76 valence electrons. The second-order valence-corrected chi connectivity index (χ2v) is 4.49. The van der Waals surface area contributed by atoms with Crippen LogP contribution in [0.3, 0.4) is 0 Å². The predicted molar refractivity (Wildman–Crippen MR) is 59.6 cm³/mol. The van der Waals surface area contributed by atoms with Crippen LogP contribution >= 0.6 is 11.6 Å². The van der Waals surface area contributed by atoms with E-state index in [1.54, 1.807) is 6.20 Å². The van der Waals surface area contributed by atoms with E-state index in [2.05, 4.69) is 9.97 Å². The lowest BCUT2D eigenvalue weighted by Crippen LogP contribution is -2.21. The van der Waals surface area contributed by atoms with Crippen LogP contribution in [-0.4, -0.2) is 9.97 Å². The standard InChI is InChI=1S/C11H10ClN3/c12-8-1-2-9-7(5-8)6-14-10(15-9)11(13)3-4-11/h1-2,5-6H,3-4,13H2. The molecule has 3 rings (SSSR count). The van der Waals surface area contributed by atoms with Crippen LogP contribution in [0.1, 0.15) is 18.7 Å². The molecular weight excluding hydrogens is 210 g/mol. The Kier molecular flexibility index (Phi) is 1.75.